The highest BCUT2D eigenvalue weighted by molar-refractivity contribution is 8.13. The Morgan fingerprint density at radius 2 is 2.00 bits per heavy atom. The Morgan fingerprint density at radius 3 is 2.60 bits per heavy atom. The van der Waals surface area contributed by atoms with Gasteiger partial charge in [0.2, 0.25) is 0 Å². The van der Waals surface area contributed by atoms with E-state index in [1.165, 1.54) is 22.9 Å². The molecule has 0 amide bonds. The van der Waals surface area contributed by atoms with Crippen LogP contribution in [0.3, 0.4) is 0 Å². The Hall–Kier alpha value is -0.490. The van der Waals surface area contributed by atoms with Crippen molar-refractivity contribution in [3.63, 3.8) is 0 Å². The fourth-order valence-corrected chi connectivity index (χ4v) is 2.60. The maximum atomic E-state index is 11.2. The van der Waals surface area contributed by atoms with Crippen molar-refractivity contribution in [1.82, 2.24) is 9.38 Å². The van der Waals surface area contributed by atoms with E-state index in [2.05, 4.69) is 4.98 Å². The Kier molecular flexibility index (Phi) is 2.58. The summed E-state index contributed by atoms with van der Waals surface area (Å²) in [5.41, 5.74) is 0.152. The maximum Gasteiger partial charge on any atom is 0.265 e. The second-order valence-electron chi connectivity index (χ2n) is 2.73. The summed E-state index contributed by atoms with van der Waals surface area (Å²) in [6.45, 7) is 0. The van der Waals surface area contributed by atoms with Crippen LogP contribution < -0.4 is 0 Å². The van der Waals surface area contributed by atoms with Crippen molar-refractivity contribution in [1.29, 1.82) is 0 Å². The highest BCUT2D eigenvalue weighted by Crippen LogP contribution is 2.26. The SMILES string of the molecule is O=S(=O)(Cl)c1cc(Cl)cn2c(Cl)cnc12. The van der Waals surface area contributed by atoms with Crippen molar-refractivity contribution in [2.75, 3.05) is 0 Å². The lowest BCUT2D eigenvalue weighted by Gasteiger charge is -2.01. The van der Waals surface area contributed by atoms with Crippen LogP contribution in [0.2, 0.25) is 10.2 Å². The van der Waals surface area contributed by atoms with Gasteiger partial charge < -0.3 is 0 Å². The highest BCUT2D eigenvalue weighted by Gasteiger charge is 2.18. The molecule has 0 bridgehead atoms. The zero-order valence-corrected chi connectivity index (χ0v) is 10.1. The molecule has 2 heterocycles. The van der Waals surface area contributed by atoms with Crippen LogP contribution in [0.25, 0.3) is 5.65 Å². The second-order valence-corrected chi connectivity index (χ2v) is 6.09. The van der Waals surface area contributed by atoms with E-state index in [9.17, 15) is 8.42 Å². The summed E-state index contributed by atoms with van der Waals surface area (Å²) in [4.78, 5) is 3.67. The molecule has 4 nitrogen and oxygen atoms in total. The topological polar surface area (TPSA) is 51.4 Å². The van der Waals surface area contributed by atoms with E-state index in [1.807, 2.05) is 0 Å². The molecule has 0 radical (unpaired) electrons. The Labute approximate surface area is 99.8 Å². The molecule has 0 aliphatic carbocycles. The van der Waals surface area contributed by atoms with Gasteiger partial charge in [-0.1, -0.05) is 23.2 Å². The number of imidazole rings is 1. The molecule has 2 aromatic rings. The second kappa shape index (κ2) is 3.52. The van der Waals surface area contributed by atoms with E-state index >= 15 is 0 Å². The predicted molar refractivity (Wildman–Crippen MR) is 58.3 cm³/mol. The minimum Gasteiger partial charge on any atom is -0.288 e. The molecule has 0 unspecified atom stereocenters. The maximum absolute atomic E-state index is 11.2. The van der Waals surface area contributed by atoms with Gasteiger partial charge in [0.1, 0.15) is 10.0 Å². The van der Waals surface area contributed by atoms with Crippen molar-refractivity contribution in [2.24, 2.45) is 0 Å². The van der Waals surface area contributed by atoms with Gasteiger partial charge in [-0.25, -0.2) is 13.4 Å². The molecule has 2 rings (SSSR count). The van der Waals surface area contributed by atoms with Gasteiger partial charge in [0.15, 0.2) is 5.65 Å². The fourth-order valence-electron chi connectivity index (χ4n) is 1.17. The number of rotatable bonds is 1. The van der Waals surface area contributed by atoms with E-state index in [1.54, 1.807) is 0 Å². The first kappa shape index (κ1) is 11.0. The summed E-state index contributed by atoms with van der Waals surface area (Å²) >= 11 is 11.5. The monoisotopic (exact) mass is 284 g/mol. The summed E-state index contributed by atoms with van der Waals surface area (Å²) < 4.78 is 23.8. The minimum absolute atomic E-state index is 0.152. The van der Waals surface area contributed by atoms with Crippen LogP contribution in [0.4, 0.5) is 0 Å². The Morgan fingerprint density at radius 1 is 1.33 bits per heavy atom. The highest BCUT2D eigenvalue weighted by atomic mass is 35.7. The normalized spacial score (nSPS) is 12.2. The molecule has 0 fully saturated rings. The number of nitrogens with zero attached hydrogens (tertiary/aromatic N) is 2. The lowest BCUT2D eigenvalue weighted by Crippen LogP contribution is -1.96. The molecule has 0 atom stereocenters. The lowest BCUT2D eigenvalue weighted by atomic mass is 10.5. The van der Waals surface area contributed by atoms with Crippen LogP contribution in [-0.4, -0.2) is 17.8 Å². The molecule has 0 aliphatic heterocycles. The third kappa shape index (κ3) is 1.92. The van der Waals surface area contributed by atoms with Crippen LogP contribution in [0.1, 0.15) is 0 Å². The predicted octanol–water partition coefficient (Wildman–Crippen LogP) is 2.57. The molecule has 0 aliphatic rings. The minimum atomic E-state index is -3.89. The molecule has 80 valence electrons. The van der Waals surface area contributed by atoms with Gasteiger partial charge in [0, 0.05) is 16.9 Å². The summed E-state index contributed by atoms with van der Waals surface area (Å²) in [6, 6.07) is 1.22. The fraction of sp³-hybridized carbons (Fsp3) is 0. The van der Waals surface area contributed by atoms with E-state index < -0.39 is 9.05 Å². The van der Waals surface area contributed by atoms with Crippen LogP contribution in [-0.2, 0) is 9.05 Å². The summed E-state index contributed by atoms with van der Waals surface area (Å²) in [6.07, 6.45) is 2.77. The van der Waals surface area contributed by atoms with E-state index in [0.29, 0.717) is 0 Å². The molecular weight excluding hydrogens is 283 g/mol. The standard InChI is InChI=1S/C7H3Cl3N2O2S/c8-4-1-5(15(10,13)14)7-11-2-6(9)12(7)3-4/h1-3H. The number of halogens is 3. The number of fused-ring (bicyclic) bond motifs is 1. The summed E-state index contributed by atoms with van der Waals surface area (Å²) in [7, 11) is 1.34. The zero-order chi connectivity index (χ0) is 11.2. The number of aromatic nitrogens is 2. The van der Waals surface area contributed by atoms with Crippen molar-refractivity contribution in [3.8, 4) is 0 Å². The van der Waals surface area contributed by atoms with Crippen molar-refractivity contribution >= 4 is 48.6 Å². The first-order valence-corrected chi connectivity index (χ1v) is 6.73. The van der Waals surface area contributed by atoms with Gasteiger partial charge in [0.05, 0.1) is 11.2 Å². The molecule has 0 aromatic carbocycles. The van der Waals surface area contributed by atoms with Gasteiger partial charge >= 0.3 is 0 Å². The summed E-state index contributed by atoms with van der Waals surface area (Å²) in [5, 5.41) is 0.468. The van der Waals surface area contributed by atoms with Crippen LogP contribution in [0, 0.1) is 0 Å². The Balaban J connectivity index is 2.97. The van der Waals surface area contributed by atoms with Gasteiger partial charge in [0.25, 0.3) is 9.05 Å². The molecule has 15 heavy (non-hydrogen) atoms. The smallest absolute Gasteiger partial charge is 0.265 e. The average molecular weight is 286 g/mol. The van der Waals surface area contributed by atoms with Crippen LogP contribution in [0.5, 0.6) is 0 Å². The van der Waals surface area contributed by atoms with E-state index in [0.717, 1.165) is 0 Å². The van der Waals surface area contributed by atoms with E-state index in [-0.39, 0.29) is 20.7 Å². The lowest BCUT2D eigenvalue weighted by molar-refractivity contribution is 0.610. The van der Waals surface area contributed by atoms with Gasteiger partial charge in [-0.2, -0.15) is 0 Å². The molecule has 8 heteroatoms. The first-order valence-electron chi connectivity index (χ1n) is 3.66. The Bertz CT molecular complexity index is 635. The van der Waals surface area contributed by atoms with Gasteiger partial charge in [-0.15, -0.1) is 0 Å². The number of hydrogen-bond acceptors (Lipinski definition) is 3. The van der Waals surface area contributed by atoms with Crippen molar-refractivity contribution < 1.29 is 8.42 Å². The molecular formula is C7H3Cl3N2O2S. The molecule has 0 saturated heterocycles. The molecule has 0 N–H and O–H groups in total. The molecule has 2 aromatic heterocycles. The van der Waals surface area contributed by atoms with Crippen LogP contribution in [0.15, 0.2) is 23.4 Å². The third-order valence-electron chi connectivity index (χ3n) is 1.76. The van der Waals surface area contributed by atoms with Gasteiger partial charge in [-0.05, 0) is 6.07 Å². The zero-order valence-electron chi connectivity index (χ0n) is 6.99. The number of hydrogen-bond donors (Lipinski definition) is 0. The van der Waals surface area contributed by atoms with Crippen molar-refractivity contribution in [2.45, 2.75) is 4.90 Å². The van der Waals surface area contributed by atoms with Crippen LogP contribution >= 0.6 is 33.9 Å². The molecule has 0 saturated carbocycles. The average Bonchev–Trinajstić information content (AvgIpc) is 2.45. The third-order valence-corrected chi connectivity index (χ3v) is 3.57. The molecule has 0 spiro atoms. The van der Waals surface area contributed by atoms with Crippen molar-refractivity contribution in [3.05, 3.63) is 28.6 Å². The summed E-state index contributed by atoms with van der Waals surface area (Å²) in [5.74, 6) is 0. The first-order chi connectivity index (χ1) is 6.89. The van der Waals surface area contributed by atoms with Gasteiger partial charge in [-0.3, -0.25) is 4.40 Å². The number of pyridine rings is 1. The largest absolute Gasteiger partial charge is 0.288 e. The quantitative estimate of drug-likeness (QED) is 0.757. The van der Waals surface area contributed by atoms with E-state index in [4.69, 9.17) is 33.9 Å².